The van der Waals surface area contributed by atoms with Gasteiger partial charge in [0.15, 0.2) is 5.69 Å². The van der Waals surface area contributed by atoms with E-state index in [-0.39, 0.29) is 11.6 Å². The number of rotatable bonds is 3. The first-order valence-corrected chi connectivity index (χ1v) is 6.89. The molecule has 3 aromatic rings. The van der Waals surface area contributed by atoms with Crippen molar-refractivity contribution >= 4 is 11.6 Å². The molecule has 2 aromatic heterocycles. The van der Waals surface area contributed by atoms with Gasteiger partial charge in [-0.05, 0) is 37.6 Å². The fourth-order valence-electron chi connectivity index (χ4n) is 2.13. The van der Waals surface area contributed by atoms with Crippen LogP contribution in [-0.2, 0) is 0 Å². The minimum Gasteiger partial charge on any atom is -0.442 e. The second kappa shape index (κ2) is 5.81. The van der Waals surface area contributed by atoms with E-state index < -0.39 is 0 Å². The van der Waals surface area contributed by atoms with Crippen molar-refractivity contribution in [2.45, 2.75) is 13.8 Å². The third kappa shape index (κ3) is 2.88. The van der Waals surface area contributed by atoms with Crippen molar-refractivity contribution in [3.05, 3.63) is 65.7 Å². The summed E-state index contributed by atoms with van der Waals surface area (Å²) in [6.45, 7) is 3.96. The summed E-state index contributed by atoms with van der Waals surface area (Å²) in [5.41, 5.74) is 3.72. The average Bonchev–Trinajstić information content (AvgIpc) is 3.01. The van der Waals surface area contributed by atoms with Crippen LogP contribution >= 0.6 is 0 Å². The van der Waals surface area contributed by atoms with E-state index in [4.69, 9.17) is 4.42 Å². The van der Waals surface area contributed by atoms with E-state index in [1.165, 1.54) is 6.26 Å². The molecular weight excluding hydrogens is 278 g/mol. The molecule has 0 aliphatic rings. The molecule has 0 atom stereocenters. The molecule has 0 saturated heterocycles. The molecule has 0 saturated carbocycles. The number of anilines is 1. The molecule has 0 bridgehead atoms. The summed E-state index contributed by atoms with van der Waals surface area (Å²) < 4.78 is 5.32. The molecule has 0 radical (unpaired) electrons. The second-order valence-corrected chi connectivity index (χ2v) is 5.03. The molecule has 0 fully saturated rings. The number of carbonyl (C=O) groups is 1. The third-order valence-corrected chi connectivity index (χ3v) is 3.25. The summed E-state index contributed by atoms with van der Waals surface area (Å²) in [6, 6.07) is 11.3. The lowest BCUT2D eigenvalue weighted by Crippen LogP contribution is -2.13. The van der Waals surface area contributed by atoms with E-state index in [0.717, 1.165) is 16.8 Å². The minimum absolute atomic E-state index is 0.223. The predicted octanol–water partition coefficient (Wildman–Crippen LogP) is 3.61. The van der Waals surface area contributed by atoms with Gasteiger partial charge in [-0.1, -0.05) is 23.8 Å². The normalized spacial score (nSPS) is 10.5. The highest BCUT2D eigenvalue weighted by Gasteiger charge is 2.14. The standard InChI is InChI=1S/C17H15N3O2/c1-11-6-7-13(12(2)9-11)19-16(21)15-10-22-17(20-15)14-5-3-4-8-18-14/h3-10H,1-2H3,(H,19,21). The number of aryl methyl sites for hydroxylation is 2. The Balaban J connectivity index is 1.80. The van der Waals surface area contributed by atoms with Crippen LogP contribution in [0.15, 0.2) is 53.3 Å². The zero-order chi connectivity index (χ0) is 15.5. The summed E-state index contributed by atoms with van der Waals surface area (Å²) in [5, 5.41) is 2.84. The Morgan fingerprint density at radius 1 is 1.18 bits per heavy atom. The van der Waals surface area contributed by atoms with Gasteiger partial charge in [-0.15, -0.1) is 0 Å². The van der Waals surface area contributed by atoms with Gasteiger partial charge in [0.05, 0.1) is 0 Å². The first-order chi connectivity index (χ1) is 10.6. The van der Waals surface area contributed by atoms with E-state index in [1.807, 2.05) is 38.1 Å². The summed E-state index contributed by atoms with van der Waals surface area (Å²) in [4.78, 5) is 20.6. The summed E-state index contributed by atoms with van der Waals surface area (Å²) in [7, 11) is 0. The van der Waals surface area contributed by atoms with Crippen LogP contribution in [0, 0.1) is 13.8 Å². The maximum Gasteiger partial charge on any atom is 0.277 e. The molecule has 2 heterocycles. The highest BCUT2D eigenvalue weighted by atomic mass is 16.3. The Hall–Kier alpha value is -2.95. The Morgan fingerprint density at radius 2 is 2.05 bits per heavy atom. The number of aromatic nitrogens is 2. The number of amides is 1. The molecule has 0 spiro atoms. The number of pyridine rings is 1. The molecule has 0 unspecified atom stereocenters. The number of hydrogen-bond donors (Lipinski definition) is 1. The van der Waals surface area contributed by atoms with Crippen LogP contribution in [0.5, 0.6) is 0 Å². The van der Waals surface area contributed by atoms with E-state index in [2.05, 4.69) is 15.3 Å². The fourth-order valence-corrected chi connectivity index (χ4v) is 2.13. The SMILES string of the molecule is Cc1ccc(NC(=O)c2coc(-c3ccccn3)n2)c(C)c1. The number of hydrogen-bond acceptors (Lipinski definition) is 4. The quantitative estimate of drug-likeness (QED) is 0.801. The molecule has 1 aromatic carbocycles. The van der Waals surface area contributed by atoms with Crippen molar-refractivity contribution in [2.24, 2.45) is 0 Å². The van der Waals surface area contributed by atoms with Crippen molar-refractivity contribution in [3.63, 3.8) is 0 Å². The first-order valence-electron chi connectivity index (χ1n) is 6.89. The summed E-state index contributed by atoms with van der Waals surface area (Å²) in [6.07, 6.45) is 2.98. The fraction of sp³-hybridized carbons (Fsp3) is 0.118. The minimum atomic E-state index is -0.308. The van der Waals surface area contributed by atoms with Crippen molar-refractivity contribution < 1.29 is 9.21 Å². The Kier molecular flexibility index (Phi) is 3.70. The molecule has 1 amide bonds. The number of carbonyl (C=O) groups excluding carboxylic acids is 1. The molecule has 0 aliphatic heterocycles. The van der Waals surface area contributed by atoms with Gasteiger partial charge in [-0.3, -0.25) is 9.78 Å². The summed E-state index contributed by atoms with van der Waals surface area (Å²) in [5.74, 6) is 0.0178. The van der Waals surface area contributed by atoms with Crippen LogP contribution in [0.4, 0.5) is 5.69 Å². The molecule has 22 heavy (non-hydrogen) atoms. The van der Waals surface area contributed by atoms with Gasteiger partial charge in [0.2, 0.25) is 5.89 Å². The molecule has 110 valence electrons. The number of oxazole rings is 1. The molecule has 0 aliphatic carbocycles. The van der Waals surface area contributed by atoms with Gasteiger partial charge >= 0.3 is 0 Å². The monoisotopic (exact) mass is 293 g/mol. The van der Waals surface area contributed by atoms with Gasteiger partial charge in [0, 0.05) is 11.9 Å². The van der Waals surface area contributed by atoms with Crippen LogP contribution in [0.1, 0.15) is 21.6 Å². The molecular formula is C17H15N3O2. The Bertz CT molecular complexity index is 810. The van der Waals surface area contributed by atoms with Crippen molar-refractivity contribution in [1.82, 2.24) is 9.97 Å². The van der Waals surface area contributed by atoms with Gasteiger partial charge in [-0.25, -0.2) is 4.98 Å². The largest absolute Gasteiger partial charge is 0.442 e. The third-order valence-electron chi connectivity index (χ3n) is 3.25. The Morgan fingerprint density at radius 3 is 2.77 bits per heavy atom. The lowest BCUT2D eigenvalue weighted by Gasteiger charge is -2.07. The molecule has 1 N–H and O–H groups in total. The van der Waals surface area contributed by atoms with E-state index in [0.29, 0.717) is 11.6 Å². The molecule has 5 heteroatoms. The van der Waals surface area contributed by atoms with Crippen molar-refractivity contribution in [3.8, 4) is 11.6 Å². The van der Waals surface area contributed by atoms with E-state index >= 15 is 0 Å². The molecule has 5 nitrogen and oxygen atoms in total. The van der Waals surface area contributed by atoms with Crippen molar-refractivity contribution in [1.29, 1.82) is 0 Å². The summed E-state index contributed by atoms with van der Waals surface area (Å²) >= 11 is 0. The van der Waals surface area contributed by atoms with E-state index in [1.54, 1.807) is 18.3 Å². The van der Waals surface area contributed by atoms with Crippen LogP contribution in [-0.4, -0.2) is 15.9 Å². The lowest BCUT2D eigenvalue weighted by atomic mass is 10.1. The van der Waals surface area contributed by atoms with Gasteiger partial charge in [0.25, 0.3) is 5.91 Å². The van der Waals surface area contributed by atoms with E-state index in [9.17, 15) is 4.79 Å². The first kappa shape index (κ1) is 14.0. The topological polar surface area (TPSA) is 68.0 Å². The smallest absolute Gasteiger partial charge is 0.277 e. The molecule has 3 rings (SSSR count). The van der Waals surface area contributed by atoms with Crippen molar-refractivity contribution in [2.75, 3.05) is 5.32 Å². The maximum absolute atomic E-state index is 12.2. The zero-order valence-corrected chi connectivity index (χ0v) is 12.3. The van der Waals surface area contributed by atoms with Crippen LogP contribution in [0.25, 0.3) is 11.6 Å². The van der Waals surface area contributed by atoms with Crippen LogP contribution < -0.4 is 5.32 Å². The average molecular weight is 293 g/mol. The lowest BCUT2D eigenvalue weighted by molar-refractivity contribution is 0.102. The van der Waals surface area contributed by atoms with Crippen LogP contribution in [0.3, 0.4) is 0 Å². The number of benzene rings is 1. The van der Waals surface area contributed by atoms with Gasteiger partial charge in [0.1, 0.15) is 12.0 Å². The Labute approximate surface area is 128 Å². The van der Waals surface area contributed by atoms with Gasteiger partial charge in [-0.2, -0.15) is 0 Å². The maximum atomic E-state index is 12.2. The van der Waals surface area contributed by atoms with Crippen LogP contribution in [0.2, 0.25) is 0 Å². The highest BCUT2D eigenvalue weighted by Crippen LogP contribution is 2.19. The highest BCUT2D eigenvalue weighted by molar-refractivity contribution is 6.03. The zero-order valence-electron chi connectivity index (χ0n) is 12.3. The number of nitrogens with one attached hydrogen (secondary N) is 1. The second-order valence-electron chi connectivity index (χ2n) is 5.03. The predicted molar refractivity (Wildman–Crippen MR) is 83.6 cm³/mol. The van der Waals surface area contributed by atoms with Gasteiger partial charge < -0.3 is 9.73 Å². The number of nitrogens with zero attached hydrogens (tertiary/aromatic N) is 2.